The summed E-state index contributed by atoms with van der Waals surface area (Å²) in [6.07, 6.45) is 0. The number of para-hydroxylation sites is 1. The topological polar surface area (TPSA) is 26.0 Å². The fourth-order valence-corrected chi connectivity index (χ4v) is 8.33. The number of hydrogen-bond acceptors (Lipinski definition) is 2. The summed E-state index contributed by atoms with van der Waals surface area (Å²) in [5.41, 5.74) is 9.57. The summed E-state index contributed by atoms with van der Waals surface area (Å²) < 4.78 is 6.80. The van der Waals surface area contributed by atoms with Crippen LogP contribution in [0.3, 0.4) is 0 Å². The fraction of sp³-hybridized carbons (Fsp3) is 0. The second-order valence-corrected chi connectivity index (χ2v) is 13.4. The van der Waals surface area contributed by atoms with Crippen LogP contribution in [0.25, 0.3) is 109 Å². The molecule has 0 aliphatic rings. The molecule has 0 aliphatic heterocycles. The van der Waals surface area contributed by atoms with Crippen LogP contribution in [0.5, 0.6) is 0 Å². The van der Waals surface area contributed by atoms with Gasteiger partial charge in [0.2, 0.25) is 0 Å². The van der Waals surface area contributed by atoms with E-state index in [4.69, 9.17) is 9.40 Å². The van der Waals surface area contributed by atoms with Crippen LogP contribution in [0, 0.1) is 0 Å². The first-order valence-corrected chi connectivity index (χ1v) is 17.5. The Hall–Kier alpha value is -6.77. The maximum atomic E-state index is 6.80. The molecule has 0 aliphatic carbocycles. The van der Waals surface area contributed by atoms with Gasteiger partial charge in [-0.15, -0.1) is 0 Å². The summed E-state index contributed by atoms with van der Waals surface area (Å²) in [7, 11) is 0. The van der Waals surface area contributed by atoms with E-state index in [0.717, 1.165) is 44.5 Å². The van der Waals surface area contributed by atoms with Crippen LogP contribution in [0.1, 0.15) is 0 Å². The maximum Gasteiger partial charge on any atom is 0.143 e. The van der Waals surface area contributed by atoms with Crippen LogP contribution >= 0.6 is 0 Å². The van der Waals surface area contributed by atoms with E-state index in [1.807, 2.05) is 0 Å². The number of benzene rings is 9. The van der Waals surface area contributed by atoms with Gasteiger partial charge in [-0.2, -0.15) is 0 Å². The number of pyridine rings is 1. The van der Waals surface area contributed by atoms with Gasteiger partial charge in [0.1, 0.15) is 11.2 Å². The van der Waals surface area contributed by atoms with Crippen LogP contribution in [0.15, 0.2) is 180 Å². The first kappa shape index (κ1) is 28.1. The Kier molecular flexibility index (Phi) is 5.99. The molecule has 0 saturated carbocycles. The van der Waals surface area contributed by atoms with E-state index in [-0.39, 0.29) is 0 Å². The Balaban J connectivity index is 1.16. The van der Waals surface area contributed by atoms with E-state index in [1.54, 1.807) is 0 Å². The number of nitrogens with zero attached hydrogens (tertiary/aromatic N) is 1. The summed E-state index contributed by atoms with van der Waals surface area (Å²) in [4.78, 5) is 5.18. The Labute approximate surface area is 293 Å². The average Bonchev–Trinajstić information content (AvgIpc) is 3.61. The van der Waals surface area contributed by atoms with Crippen molar-refractivity contribution in [2.45, 2.75) is 0 Å². The third-order valence-electron chi connectivity index (χ3n) is 10.6. The Bertz CT molecular complexity index is 3190. The largest absolute Gasteiger partial charge is 0.455 e. The van der Waals surface area contributed by atoms with Crippen molar-refractivity contribution in [2.24, 2.45) is 0 Å². The first-order chi connectivity index (χ1) is 25.3. The van der Waals surface area contributed by atoms with Crippen molar-refractivity contribution in [3.05, 3.63) is 176 Å². The number of furan rings is 1. The lowest BCUT2D eigenvalue weighted by molar-refractivity contribution is 0.670. The normalized spacial score (nSPS) is 11.9. The van der Waals surface area contributed by atoms with Crippen molar-refractivity contribution in [1.82, 2.24) is 4.98 Å². The molecule has 0 atom stereocenters. The van der Waals surface area contributed by atoms with E-state index in [1.165, 1.54) is 65.0 Å². The van der Waals surface area contributed by atoms with Gasteiger partial charge in [0.15, 0.2) is 0 Å². The van der Waals surface area contributed by atoms with E-state index in [9.17, 15) is 0 Å². The molecule has 236 valence electrons. The number of fused-ring (bicyclic) bond motifs is 12. The molecule has 2 nitrogen and oxygen atoms in total. The minimum atomic E-state index is 0.912. The maximum absolute atomic E-state index is 6.80. The molecule has 9 aromatic carbocycles. The van der Waals surface area contributed by atoms with Crippen LogP contribution in [-0.2, 0) is 0 Å². The Morgan fingerprint density at radius 3 is 1.86 bits per heavy atom. The molecule has 0 radical (unpaired) electrons. The lowest BCUT2D eigenvalue weighted by Crippen LogP contribution is -1.91. The summed E-state index contributed by atoms with van der Waals surface area (Å²) in [6.45, 7) is 0. The molecule has 0 spiro atoms. The lowest BCUT2D eigenvalue weighted by Gasteiger charge is -2.15. The monoisotopic (exact) mass is 647 g/mol. The molecule has 0 fully saturated rings. The van der Waals surface area contributed by atoms with E-state index in [2.05, 4.69) is 176 Å². The molecule has 0 unspecified atom stereocenters. The molecule has 0 bridgehead atoms. The van der Waals surface area contributed by atoms with E-state index >= 15 is 0 Å². The van der Waals surface area contributed by atoms with Crippen molar-refractivity contribution >= 4 is 75.9 Å². The number of rotatable bonds is 3. The van der Waals surface area contributed by atoms with Crippen molar-refractivity contribution in [3.8, 4) is 33.5 Å². The summed E-state index contributed by atoms with van der Waals surface area (Å²) in [5, 5.41) is 13.2. The molecule has 0 amide bonds. The predicted molar refractivity (Wildman–Crippen MR) is 215 cm³/mol. The predicted octanol–water partition coefficient (Wildman–Crippen LogP) is 13.7. The Morgan fingerprint density at radius 2 is 1.00 bits per heavy atom. The van der Waals surface area contributed by atoms with Gasteiger partial charge in [-0.3, -0.25) is 0 Å². The SMILES string of the molecule is c1ccc(-c2nc3ccccc3c3c2ccc2c(-c4cccc(-c5cc6ccccc6c6c5oc5ccc7ccccc7c56)c4)cccc23)cc1. The van der Waals surface area contributed by atoms with E-state index in [0.29, 0.717) is 0 Å². The van der Waals surface area contributed by atoms with Crippen LogP contribution in [0.4, 0.5) is 0 Å². The summed E-state index contributed by atoms with van der Waals surface area (Å²) in [6, 6.07) is 63.1. The fourth-order valence-electron chi connectivity index (χ4n) is 8.33. The Morgan fingerprint density at radius 1 is 0.353 bits per heavy atom. The molecule has 11 rings (SSSR count). The summed E-state index contributed by atoms with van der Waals surface area (Å²) >= 11 is 0. The van der Waals surface area contributed by atoms with Crippen LogP contribution in [-0.4, -0.2) is 4.98 Å². The van der Waals surface area contributed by atoms with Crippen LogP contribution < -0.4 is 0 Å². The average molecular weight is 648 g/mol. The van der Waals surface area contributed by atoms with Gasteiger partial charge < -0.3 is 4.42 Å². The van der Waals surface area contributed by atoms with E-state index < -0.39 is 0 Å². The van der Waals surface area contributed by atoms with Gasteiger partial charge in [-0.1, -0.05) is 152 Å². The highest BCUT2D eigenvalue weighted by atomic mass is 16.3. The molecule has 2 heterocycles. The molecule has 0 saturated heterocycles. The van der Waals surface area contributed by atoms with Gasteiger partial charge in [-0.25, -0.2) is 4.98 Å². The zero-order valence-electron chi connectivity index (χ0n) is 27.6. The highest BCUT2D eigenvalue weighted by molar-refractivity contribution is 6.29. The minimum absolute atomic E-state index is 0.912. The molecule has 51 heavy (non-hydrogen) atoms. The summed E-state index contributed by atoms with van der Waals surface area (Å²) in [5.74, 6) is 0. The number of hydrogen-bond donors (Lipinski definition) is 0. The van der Waals surface area contributed by atoms with Crippen molar-refractivity contribution in [1.29, 1.82) is 0 Å². The van der Waals surface area contributed by atoms with Crippen molar-refractivity contribution in [2.75, 3.05) is 0 Å². The van der Waals surface area contributed by atoms with Gasteiger partial charge >= 0.3 is 0 Å². The van der Waals surface area contributed by atoms with Gasteiger partial charge in [-0.05, 0) is 73.3 Å². The van der Waals surface area contributed by atoms with Crippen molar-refractivity contribution in [3.63, 3.8) is 0 Å². The standard InChI is InChI=1S/C49H29NO/c1-2-13-31(14-3-1)48-41-26-25-38-35(21-11-22-39(38)45(41)40-20-8-9-23-43(40)50-48)32-16-10-17-33(28-32)42-29-34-15-5-7-19-37(34)47-46-36-18-6-4-12-30(36)24-27-44(46)51-49(42)47/h1-29H. The molecule has 2 aromatic heterocycles. The highest BCUT2D eigenvalue weighted by Crippen LogP contribution is 2.45. The third-order valence-corrected chi connectivity index (χ3v) is 10.6. The first-order valence-electron chi connectivity index (χ1n) is 17.5. The smallest absolute Gasteiger partial charge is 0.143 e. The lowest BCUT2D eigenvalue weighted by atomic mass is 9.90. The van der Waals surface area contributed by atoms with Gasteiger partial charge in [0.05, 0.1) is 11.2 Å². The zero-order chi connectivity index (χ0) is 33.5. The molecule has 11 aromatic rings. The molecule has 2 heteroatoms. The zero-order valence-corrected chi connectivity index (χ0v) is 27.6. The van der Waals surface area contributed by atoms with Crippen molar-refractivity contribution < 1.29 is 4.42 Å². The second-order valence-electron chi connectivity index (χ2n) is 13.4. The highest BCUT2D eigenvalue weighted by Gasteiger charge is 2.19. The molecular formula is C49H29NO. The molecule has 0 N–H and O–H groups in total. The van der Waals surface area contributed by atoms with Gasteiger partial charge in [0.25, 0.3) is 0 Å². The quantitative estimate of drug-likeness (QED) is 0.178. The van der Waals surface area contributed by atoms with Gasteiger partial charge in [0, 0.05) is 38.1 Å². The number of aromatic nitrogens is 1. The molecular weight excluding hydrogens is 619 g/mol. The third kappa shape index (κ3) is 4.20. The second kappa shape index (κ2) is 10.9. The minimum Gasteiger partial charge on any atom is -0.455 e. The van der Waals surface area contributed by atoms with Crippen LogP contribution in [0.2, 0.25) is 0 Å².